The second-order valence-electron chi connectivity index (χ2n) is 8.88. The molecule has 1 amide bonds. The summed E-state index contributed by atoms with van der Waals surface area (Å²) in [5.74, 6) is -0.650. The van der Waals surface area contributed by atoms with Crippen molar-refractivity contribution < 1.29 is 9.72 Å². The van der Waals surface area contributed by atoms with E-state index in [0.29, 0.717) is 0 Å². The maximum atomic E-state index is 12.4. The van der Waals surface area contributed by atoms with E-state index in [9.17, 15) is 14.9 Å². The van der Waals surface area contributed by atoms with Crippen molar-refractivity contribution in [3.8, 4) is 0 Å². The number of nitro groups is 1. The molecule has 0 saturated heterocycles. The van der Waals surface area contributed by atoms with E-state index in [-0.39, 0.29) is 17.3 Å². The van der Waals surface area contributed by atoms with E-state index in [1.165, 1.54) is 30.0 Å². The Hall–Kier alpha value is -5.37. The topological polar surface area (TPSA) is 100 Å². The highest BCUT2D eigenvalue weighted by Crippen LogP contribution is 2.35. The summed E-state index contributed by atoms with van der Waals surface area (Å²) in [4.78, 5) is 23.0. The minimum Gasteiger partial charge on any atom is -0.267 e. The molecule has 8 nitrogen and oxygen atoms in total. The van der Waals surface area contributed by atoms with Gasteiger partial charge in [-0.1, -0.05) is 91.0 Å². The van der Waals surface area contributed by atoms with Gasteiger partial charge in [-0.15, -0.1) is 0 Å². The average Bonchev–Trinajstić information content (AvgIpc) is 3.42. The molecule has 0 fully saturated rings. The Kier molecular flexibility index (Phi) is 7.64. The molecule has 4 aromatic rings. The highest BCUT2D eigenvalue weighted by molar-refractivity contribution is 6.01. The van der Waals surface area contributed by atoms with E-state index in [2.05, 4.69) is 46.9 Å². The molecule has 0 bridgehead atoms. The summed E-state index contributed by atoms with van der Waals surface area (Å²) in [6.07, 6.45) is 6.40. The fourth-order valence-corrected chi connectivity index (χ4v) is 4.33. The maximum Gasteiger partial charge on any atom is 0.282 e. The smallest absolute Gasteiger partial charge is 0.267 e. The molecule has 5 rings (SSSR count). The Morgan fingerprint density at radius 2 is 1.54 bits per heavy atom. The van der Waals surface area contributed by atoms with Gasteiger partial charge in [0.15, 0.2) is 0 Å². The van der Waals surface area contributed by atoms with Crippen molar-refractivity contribution in [2.75, 3.05) is 5.01 Å². The molecule has 39 heavy (non-hydrogen) atoms. The zero-order valence-electron chi connectivity index (χ0n) is 20.9. The van der Waals surface area contributed by atoms with E-state index in [0.717, 1.165) is 28.9 Å². The molecule has 0 saturated carbocycles. The Bertz CT molecular complexity index is 1550. The minimum absolute atomic E-state index is 0.0500. The number of nitrogens with one attached hydrogen (secondary N) is 1. The molecule has 1 heterocycles. The molecular weight excluding hydrogens is 490 g/mol. The largest absolute Gasteiger partial charge is 0.282 e. The van der Waals surface area contributed by atoms with Crippen LogP contribution in [0.3, 0.4) is 0 Å². The molecule has 8 heteroatoms. The van der Waals surface area contributed by atoms with Gasteiger partial charge in [0.1, 0.15) is 5.56 Å². The highest BCUT2D eigenvalue weighted by Gasteiger charge is 2.28. The fourth-order valence-electron chi connectivity index (χ4n) is 4.33. The fraction of sp³-hybridized carbons (Fsp3) is 0.0645. The molecule has 0 spiro atoms. The van der Waals surface area contributed by atoms with E-state index < -0.39 is 10.8 Å². The van der Waals surface area contributed by atoms with Gasteiger partial charge in [-0.3, -0.25) is 19.9 Å². The number of nitro benzene ring substituents is 1. The highest BCUT2D eigenvalue weighted by atomic mass is 16.6. The summed E-state index contributed by atoms with van der Waals surface area (Å²) < 4.78 is 0. The first kappa shape index (κ1) is 25.3. The predicted molar refractivity (Wildman–Crippen MR) is 154 cm³/mol. The van der Waals surface area contributed by atoms with E-state index in [1.807, 2.05) is 65.7 Å². The molecule has 0 radical (unpaired) electrons. The molecular formula is C31H25N5O3. The van der Waals surface area contributed by atoms with Crippen LogP contribution in [0.15, 0.2) is 125 Å². The molecule has 0 aromatic heterocycles. The van der Waals surface area contributed by atoms with Crippen LogP contribution >= 0.6 is 0 Å². The number of rotatable bonds is 8. The van der Waals surface area contributed by atoms with Crippen molar-refractivity contribution in [2.45, 2.75) is 12.5 Å². The predicted octanol–water partition coefficient (Wildman–Crippen LogP) is 6.38. The number of carbonyl (C=O) groups excluding carboxylic acids is 1. The monoisotopic (exact) mass is 515 g/mol. The van der Waals surface area contributed by atoms with Crippen LogP contribution in [0.5, 0.6) is 0 Å². The van der Waals surface area contributed by atoms with Crippen LogP contribution in [0.1, 0.15) is 39.5 Å². The number of hydrogen-bond donors (Lipinski definition) is 1. The average molecular weight is 516 g/mol. The third-order valence-corrected chi connectivity index (χ3v) is 6.27. The zero-order chi connectivity index (χ0) is 27.0. The molecule has 0 aliphatic carbocycles. The van der Waals surface area contributed by atoms with Gasteiger partial charge < -0.3 is 0 Å². The summed E-state index contributed by atoms with van der Waals surface area (Å²) >= 11 is 0. The van der Waals surface area contributed by atoms with Crippen molar-refractivity contribution in [3.63, 3.8) is 0 Å². The summed E-state index contributed by atoms with van der Waals surface area (Å²) in [5.41, 5.74) is 6.99. The van der Waals surface area contributed by atoms with Gasteiger partial charge in [-0.2, -0.15) is 10.2 Å². The van der Waals surface area contributed by atoms with Crippen LogP contribution < -0.4 is 10.4 Å². The second-order valence-corrected chi connectivity index (χ2v) is 8.88. The van der Waals surface area contributed by atoms with Gasteiger partial charge >= 0.3 is 0 Å². The van der Waals surface area contributed by atoms with Crippen molar-refractivity contribution >= 4 is 35.3 Å². The van der Waals surface area contributed by atoms with Crippen molar-refractivity contribution in [3.05, 3.63) is 148 Å². The number of carbonyl (C=O) groups is 1. The van der Waals surface area contributed by atoms with Gasteiger partial charge in [0.25, 0.3) is 11.6 Å². The Morgan fingerprint density at radius 3 is 2.26 bits per heavy atom. The summed E-state index contributed by atoms with van der Waals surface area (Å²) in [6, 6.07) is 33.9. The van der Waals surface area contributed by atoms with Crippen molar-refractivity contribution in [1.29, 1.82) is 0 Å². The summed E-state index contributed by atoms with van der Waals surface area (Å²) in [6.45, 7) is 0. The standard InChI is InChI=1S/C31H25N5O3/c37-31(28-13-7-8-14-29(28)36(38)39)33-32-22-24-16-19-27(20-17-24)35-30(25-11-5-2-6-12-25)21-26(34-35)18-15-23-9-3-1-4-10-23/h1-20,22,30H,21H2,(H,33,37)/b18-15+,32-22-/t30-/m1/s1. The SMILES string of the molecule is O=C(N/N=C\c1ccc(N2N=C(/C=C/c3ccccc3)C[C@@H]2c2ccccc2)cc1)c1ccccc1[N+](=O)[O-]. The lowest BCUT2D eigenvalue weighted by molar-refractivity contribution is -0.385. The first-order valence-electron chi connectivity index (χ1n) is 12.4. The normalized spacial score (nSPS) is 15.0. The third-order valence-electron chi connectivity index (χ3n) is 6.27. The maximum absolute atomic E-state index is 12.4. The molecule has 0 unspecified atom stereocenters. The second kappa shape index (κ2) is 11.8. The third kappa shape index (κ3) is 6.14. The zero-order valence-corrected chi connectivity index (χ0v) is 20.9. The van der Waals surface area contributed by atoms with Crippen LogP contribution in [-0.2, 0) is 0 Å². The van der Waals surface area contributed by atoms with Crippen LogP contribution in [0.4, 0.5) is 11.4 Å². The first-order chi connectivity index (χ1) is 19.1. The lowest BCUT2D eigenvalue weighted by Crippen LogP contribution is -2.19. The Morgan fingerprint density at radius 1 is 0.872 bits per heavy atom. The molecule has 192 valence electrons. The molecule has 1 aliphatic rings. The van der Waals surface area contributed by atoms with Gasteiger partial charge in [0, 0.05) is 12.5 Å². The number of allylic oxidation sites excluding steroid dienone is 1. The van der Waals surface area contributed by atoms with Crippen LogP contribution in [0.2, 0.25) is 0 Å². The van der Waals surface area contributed by atoms with Gasteiger partial charge in [0.2, 0.25) is 0 Å². The summed E-state index contributed by atoms with van der Waals surface area (Å²) in [5, 5.41) is 22.1. The van der Waals surface area contributed by atoms with E-state index in [1.54, 1.807) is 6.07 Å². The number of nitrogens with zero attached hydrogens (tertiary/aromatic N) is 4. The van der Waals surface area contributed by atoms with E-state index in [4.69, 9.17) is 5.10 Å². The number of benzene rings is 4. The van der Waals surface area contributed by atoms with Crippen molar-refractivity contribution in [2.24, 2.45) is 10.2 Å². The number of hydrazone groups is 2. The number of anilines is 1. The van der Waals surface area contributed by atoms with Crippen LogP contribution in [0, 0.1) is 10.1 Å². The lowest BCUT2D eigenvalue weighted by Gasteiger charge is -2.24. The molecule has 1 atom stereocenters. The van der Waals surface area contributed by atoms with Crippen LogP contribution in [-0.4, -0.2) is 22.8 Å². The van der Waals surface area contributed by atoms with Crippen LogP contribution in [0.25, 0.3) is 6.08 Å². The Balaban J connectivity index is 1.31. The van der Waals surface area contributed by atoms with Gasteiger partial charge in [-0.25, -0.2) is 5.43 Å². The van der Waals surface area contributed by atoms with E-state index >= 15 is 0 Å². The minimum atomic E-state index is -0.650. The number of amides is 1. The quantitative estimate of drug-likeness (QED) is 0.167. The number of hydrogen-bond acceptors (Lipinski definition) is 6. The molecule has 4 aromatic carbocycles. The lowest BCUT2D eigenvalue weighted by atomic mass is 10.0. The molecule has 1 N–H and O–H groups in total. The van der Waals surface area contributed by atoms with Gasteiger partial charge in [0.05, 0.1) is 28.6 Å². The number of para-hydroxylation sites is 1. The molecule has 1 aliphatic heterocycles. The van der Waals surface area contributed by atoms with Crippen molar-refractivity contribution in [1.82, 2.24) is 5.43 Å². The van der Waals surface area contributed by atoms with Gasteiger partial charge in [-0.05, 0) is 41.0 Å². The first-order valence-corrected chi connectivity index (χ1v) is 12.4. The summed E-state index contributed by atoms with van der Waals surface area (Å²) in [7, 11) is 0. The Labute approximate surface area is 225 Å².